The van der Waals surface area contributed by atoms with E-state index in [2.05, 4.69) is 20.7 Å². The van der Waals surface area contributed by atoms with Gasteiger partial charge in [0, 0.05) is 16.4 Å². The Hall–Kier alpha value is -4.30. The van der Waals surface area contributed by atoms with Gasteiger partial charge in [-0.3, -0.25) is 4.79 Å². The molecule has 0 radical (unpaired) electrons. The van der Waals surface area contributed by atoms with Crippen LogP contribution in [0.4, 0.5) is 11.6 Å². The van der Waals surface area contributed by atoms with E-state index in [0.717, 1.165) is 11.1 Å². The van der Waals surface area contributed by atoms with Crippen molar-refractivity contribution in [3.63, 3.8) is 0 Å². The molecule has 0 aliphatic carbocycles. The molecule has 1 aromatic heterocycles. The largest absolute Gasteiger partial charge is 0.490 e. The number of carbonyl (C=O) groups excluding carboxylic acids is 1. The van der Waals surface area contributed by atoms with Gasteiger partial charge >= 0.3 is 0 Å². The first-order valence-electron chi connectivity index (χ1n) is 11.9. The summed E-state index contributed by atoms with van der Waals surface area (Å²) in [4.78, 5) is 17.9. The molecule has 1 atom stereocenters. The fourth-order valence-corrected chi connectivity index (χ4v) is 4.37. The van der Waals surface area contributed by atoms with Gasteiger partial charge in [0.2, 0.25) is 5.95 Å². The van der Waals surface area contributed by atoms with Gasteiger partial charge in [0.1, 0.15) is 19.0 Å². The molecule has 0 fully saturated rings. The van der Waals surface area contributed by atoms with E-state index in [9.17, 15) is 4.79 Å². The Bertz CT molecular complexity index is 1430. The smallest absolute Gasteiger partial charge is 0.255 e. The second kappa shape index (κ2) is 10.8. The summed E-state index contributed by atoms with van der Waals surface area (Å²) in [6, 6.07) is 22.1. The van der Waals surface area contributed by atoms with E-state index in [4.69, 9.17) is 21.1 Å². The molecule has 37 heavy (non-hydrogen) atoms. The van der Waals surface area contributed by atoms with E-state index < -0.39 is 6.04 Å². The molecule has 1 aliphatic heterocycles. The molecule has 1 amide bonds. The number of halogens is 1. The van der Waals surface area contributed by atoms with Crippen molar-refractivity contribution in [2.75, 3.05) is 17.2 Å². The van der Waals surface area contributed by atoms with Crippen molar-refractivity contribution in [2.24, 2.45) is 0 Å². The molecule has 0 bridgehead atoms. The van der Waals surface area contributed by atoms with Gasteiger partial charge in [-0.05, 0) is 61.4 Å². The van der Waals surface area contributed by atoms with Gasteiger partial charge in [0.15, 0.2) is 11.5 Å². The van der Waals surface area contributed by atoms with Gasteiger partial charge in [0.05, 0.1) is 12.2 Å². The van der Waals surface area contributed by atoms with E-state index in [1.54, 1.807) is 28.9 Å². The van der Waals surface area contributed by atoms with E-state index >= 15 is 0 Å². The summed E-state index contributed by atoms with van der Waals surface area (Å²) < 4.78 is 13.7. The number of allylic oxidation sites excluding steroid dienone is 1. The molecular formula is C28H26ClN5O3. The minimum Gasteiger partial charge on any atom is -0.490 e. The molecule has 2 heterocycles. The van der Waals surface area contributed by atoms with E-state index in [0.29, 0.717) is 52.6 Å². The number of carbonyl (C=O) groups is 1. The topological polar surface area (TPSA) is 90.3 Å². The van der Waals surface area contributed by atoms with Gasteiger partial charge in [0.25, 0.3) is 5.91 Å². The third-order valence-electron chi connectivity index (χ3n) is 5.96. The van der Waals surface area contributed by atoms with Crippen LogP contribution in [0.25, 0.3) is 0 Å². The highest BCUT2D eigenvalue weighted by Gasteiger charge is 2.34. The minimum absolute atomic E-state index is 0.263. The Morgan fingerprint density at radius 3 is 2.59 bits per heavy atom. The fraction of sp³-hybridized carbons (Fsp3) is 0.179. The van der Waals surface area contributed by atoms with Crippen LogP contribution in [-0.2, 0) is 11.4 Å². The highest BCUT2D eigenvalue weighted by molar-refractivity contribution is 6.30. The number of aromatic nitrogens is 3. The first kappa shape index (κ1) is 24.4. The first-order chi connectivity index (χ1) is 18.0. The van der Waals surface area contributed by atoms with Gasteiger partial charge in [-0.25, -0.2) is 4.68 Å². The summed E-state index contributed by atoms with van der Waals surface area (Å²) in [5.74, 6) is 1.50. The zero-order chi connectivity index (χ0) is 25.8. The van der Waals surface area contributed by atoms with Crippen LogP contribution < -0.4 is 20.1 Å². The molecular weight excluding hydrogens is 490 g/mol. The molecule has 9 heteroatoms. The predicted molar refractivity (Wildman–Crippen MR) is 143 cm³/mol. The molecule has 8 nitrogen and oxygen atoms in total. The van der Waals surface area contributed by atoms with Gasteiger partial charge in [-0.1, -0.05) is 48.0 Å². The van der Waals surface area contributed by atoms with Crippen LogP contribution in [0.1, 0.15) is 31.0 Å². The van der Waals surface area contributed by atoms with Crippen LogP contribution >= 0.6 is 11.6 Å². The van der Waals surface area contributed by atoms with Crippen LogP contribution in [-0.4, -0.2) is 27.3 Å². The number of nitrogens with zero attached hydrogens (tertiary/aromatic N) is 3. The lowest BCUT2D eigenvalue weighted by molar-refractivity contribution is -0.113. The molecule has 0 saturated carbocycles. The van der Waals surface area contributed by atoms with Gasteiger partial charge < -0.3 is 20.1 Å². The molecule has 0 saturated heterocycles. The SMILES string of the molecule is CCOc1cc([C@@H]2C(C(=O)Nc3ccc(Cl)cc3)=C(C)Nc3ncnn32)ccc1OCc1ccccc1. The van der Waals surface area contributed by atoms with Crippen LogP contribution in [0.15, 0.2) is 90.4 Å². The average molecular weight is 516 g/mol. The number of ether oxygens (including phenoxy) is 2. The second-order valence-corrected chi connectivity index (χ2v) is 8.91. The molecule has 2 N–H and O–H groups in total. The molecule has 4 aromatic rings. The number of anilines is 2. The molecule has 5 rings (SSSR count). The maximum atomic E-state index is 13.6. The summed E-state index contributed by atoms with van der Waals surface area (Å²) in [5.41, 5.74) is 3.69. The maximum Gasteiger partial charge on any atom is 0.255 e. The first-order valence-corrected chi connectivity index (χ1v) is 12.3. The number of benzene rings is 3. The van der Waals surface area contributed by atoms with Crippen molar-refractivity contribution in [1.82, 2.24) is 14.8 Å². The Kier molecular flexibility index (Phi) is 7.09. The molecule has 1 aliphatic rings. The Morgan fingerprint density at radius 1 is 1.05 bits per heavy atom. The van der Waals surface area contributed by atoms with Crippen molar-refractivity contribution >= 4 is 29.1 Å². The van der Waals surface area contributed by atoms with Crippen molar-refractivity contribution in [2.45, 2.75) is 26.5 Å². The Labute approximate surface area is 219 Å². The second-order valence-electron chi connectivity index (χ2n) is 8.47. The number of hydrogen-bond donors (Lipinski definition) is 2. The highest BCUT2D eigenvalue weighted by atomic mass is 35.5. The Balaban J connectivity index is 1.49. The fourth-order valence-electron chi connectivity index (χ4n) is 4.24. The summed E-state index contributed by atoms with van der Waals surface area (Å²) in [5, 5.41) is 11.2. The third kappa shape index (κ3) is 5.29. The summed E-state index contributed by atoms with van der Waals surface area (Å²) in [7, 11) is 0. The third-order valence-corrected chi connectivity index (χ3v) is 6.21. The summed E-state index contributed by atoms with van der Waals surface area (Å²) in [6.45, 7) is 4.64. The van der Waals surface area contributed by atoms with Crippen LogP contribution in [0.2, 0.25) is 5.02 Å². The quantitative estimate of drug-likeness (QED) is 0.306. The number of rotatable bonds is 8. The number of amides is 1. The van der Waals surface area contributed by atoms with E-state index in [-0.39, 0.29) is 5.91 Å². The van der Waals surface area contributed by atoms with Crippen LogP contribution in [0.3, 0.4) is 0 Å². The molecule has 3 aromatic carbocycles. The maximum absolute atomic E-state index is 13.6. The lowest BCUT2D eigenvalue weighted by Crippen LogP contribution is -2.31. The van der Waals surface area contributed by atoms with Gasteiger partial charge in [-0.15, -0.1) is 0 Å². The monoisotopic (exact) mass is 515 g/mol. The molecule has 0 unspecified atom stereocenters. The minimum atomic E-state index is -0.534. The predicted octanol–water partition coefficient (Wildman–Crippen LogP) is 5.84. The normalized spacial score (nSPS) is 14.5. The summed E-state index contributed by atoms with van der Waals surface area (Å²) in [6.07, 6.45) is 1.46. The number of nitrogens with one attached hydrogen (secondary N) is 2. The number of fused-ring (bicyclic) bond motifs is 1. The van der Waals surface area contributed by atoms with Crippen molar-refractivity contribution < 1.29 is 14.3 Å². The van der Waals surface area contributed by atoms with Crippen molar-refractivity contribution in [3.05, 3.63) is 107 Å². The average Bonchev–Trinajstić information content (AvgIpc) is 3.37. The standard InChI is InChI=1S/C28H26ClN5O3/c1-3-36-24-15-20(9-14-23(24)37-16-19-7-5-4-6-8-19)26-25(18(2)32-28-30-17-31-34(26)28)27(35)33-22-12-10-21(29)11-13-22/h4-15,17,26H,3,16H2,1-2H3,(H,33,35)(H,30,31,32)/t26-/m1/s1. The van der Waals surface area contributed by atoms with Gasteiger partial charge in [-0.2, -0.15) is 10.1 Å². The zero-order valence-electron chi connectivity index (χ0n) is 20.4. The zero-order valence-corrected chi connectivity index (χ0v) is 21.2. The molecule has 188 valence electrons. The highest BCUT2D eigenvalue weighted by Crippen LogP contribution is 2.39. The Morgan fingerprint density at radius 2 is 1.84 bits per heavy atom. The number of hydrogen-bond acceptors (Lipinski definition) is 6. The molecule has 0 spiro atoms. The van der Waals surface area contributed by atoms with Crippen LogP contribution in [0.5, 0.6) is 11.5 Å². The van der Waals surface area contributed by atoms with Crippen molar-refractivity contribution in [1.29, 1.82) is 0 Å². The van der Waals surface area contributed by atoms with E-state index in [1.807, 2.05) is 62.4 Å². The van der Waals surface area contributed by atoms with E-state index in [1.165, 1.54) is 6.33 Å². The lowest BCUT2D eigenvalue weighted by Gasteiger charge is -2.29. The van der Waals surface area contributed by atoms with Crippen LogP contribution in [0, 0.1) is 0 Å². The lowest BCUT2D eigenvalue weighted by atomic mass is 9.94. The van der Waals surface area contributed by atoms with Crippen molar-refractivity contribution in [3.8, 4) is 11.5 Å². The summed E-state index contributed by atoms with van der Waals surface area (Å²) >= 11 is 6.00.